The Hall–Kier alpha value is -7.42. The molecular formula is C59H42N2. The second-order valence-corrected chi connectivity index (χ2v) is 17.4. The molecular weight excluding hydrogens is 737 g/mol. The number of hydrogen-bond donors (Lipinski definition) is 0. The van der Waals surface area contributed by atoms with E-state index in [-0.39, 0.29) is 10.8 Å². The molecule has 0 amide bonds. The van der Waals surface area contributed by atoms with Crippen LogP contribution in [0.4, 0.5) is 0 Å². The van der Waals surface area contributed by atoms with Crippen LogP contribution in [0.2, 0.25) is 0 Å². The first kappa shape index (κ1) is 35.5. The predicted molar refractivity (Wildman–Crippen MR) is 254 cm³/mol. The van der Waals surface area contributed by atoms with Crippen LogP contribution in [0.3, 0.4) is 0 Å². The third kappa shape index (κ3) is 5.28. The lowest BCUT2D eigenvalue weighted by Crippen LogP contribution is -2.22. The molecule has 12 rings (SSSR count). The molecule has 0 aliphatic heterocycles. The SMILES string of the molecule is CC1(C)c2cc(-c3ccc(-c4cc(-c5ccc6c(c5)C(C)(c5ccccc5)c5ccccc5-6)nc(-c5ccccc5)n4)c4ccccc34)ccc2-c2ccc3ccccc3c21. The van der Waals surface area contributed by atoms with E-state index in [4.69, 9.17) is 9.97 Å². The van der Waals surface area contributed by atoms with Gasteiger partial charge in [-0.2, -0.15) is 0 Å². The highest BCUT2D eigenvalue weighted by molar-refractivity contribution is 6.06. The van der Waals surface area contributed by atoms with Gasteiger partial charge in [0.25, 0.3) is 0 Å². The van der Waals surface area contributed by atoms with Gasteiger partial charge in [0.1, 0.15) is 0 Å². The van der Waals surface area contributed by atoms with Crippen LogP contribution in [0.25, 0.3) is 88.8 Å². The standard InChI is InChI=1S/C59H42N2/c1-58(2)52-34-39(27-29-48(52)50-31-26-37-16-10-11-21-43(37)56(50)58)42-32-33-49(45-23-13-12-22-44(42)45)55-36-54(60-57(61-55)38-17-6-4-7-18-38)40-28-30-47-46-24-14-15-25-51(46)59(3,53(47)35-40)41-19-8-5-9-20-41/h4-36H,1-3H3. The second kappa shape index (κ2) is 13.3. The Morgan fingerprint density at radius 2 is 0.902 bits per heavy atom. The van der Waals surface area contributed by atoms with E-state index in [1.165, 1.54) is 82.7 Å². The summed E-state index contributed by atoms with van der Waals surface area (Å²) in [6.07, 6.45) is 0. The number of hydrogen-bond acceptors (Lipinski definition) is 2. The van der Waals surface area contributed by atoms with Crippen molar-refractivity contribution >= 4 is 21.5 Å². The van der Waals surface area contributed by atoms with Crippen LogP contribution in [0, 0.1) is 0 Å². The molecule has 0 N–H and O–H groups in total. The molecule has 0 radical (unpaired) electrons. The molecule has 2 nitrogen and oxygen atoms in total. The smallest absolute Gasteiger partial charge is 0.160 e. The van der Waals surface area contributed by atoms with Crippen LogP contribution in [0.15, 0.2) is 200 Å². The Morgan fingerprint density at radius 1 is 0.344 bits per heavy atom. The molecule has 1 atom stereocenters. The average Bonchev–Trinajstić information content (AvgIpc) is 3.72. The number of nitrogens with zero attached hydrogens (tertiary/aromatic N) is 2. The van der Waals surface area contributed by atoms with Crippen molar-refractivity contribution in [2.24, 2.45) is 0 Å². The summed E-state index contributed by atoms with van der Waals surface area (Å²) < 4.78 is 0. The van der Waals surface area contributed by atoms with Crippen molar-refractivity contribution in [1.29, 1.82) is 0 Å². The molecule has 0 saturated carbocycles. The zero-order valence-electron chi connectivity index (χ0n) is 34.4. The topological polar surface area (TPSA) is 25.8 Å². The maximum Gasteiger partial charge on any atom is 0.160 e. The van der Waals surface area contributed by atoms with Crippen molar-refractivity contribution in [2.75, 3.05) is 0 Å². The van der Waals surface area contributed by atoms with E-state index in [1.54, 1.807) is 0 Å². The Labute approximate surface area is 356 Å². The van der Waals surface area contributed by atoms with Gasteiger partial charge >= 0.3 is 0 Å². The highest BCUT2D eigenvalue weighted by Gasteiger charge is 2.41. The van der Waals surface area contributed by atoms with Gasteiger partial charge in [0.05, 0.1) is 11.4 Å². The molecule has 61 heavy (non-hydrogen) atoms. The van der Waals surface area contributed by atoms with Crippen LogP contribution in [-0.2, 0) is 10.8 Å². The van der Waals surface area contributed by atoms with E-state index in [2.05, 4.69) is 215 Å². The summed E-state index contributed by atoms with van der Waals surface area (Å²) >= 11 is 0. The van der Waals surface area contributed by atoms with Crippen LogP contribution in [0.1, 0.15) is 48.6 Å². The van der Waals surface area contributed by atoms with E-state index < -0.39 is 0 Å². The summed E-state index contributed by atoms with van der Waals surface area (Å²) in [4.78, 5) is 10.6. The normalized spacial score (nSPS) is 15.7. The van der Waals surface area contributed by atoms with Crippen molar-refractivity contribution in [3.05, 3.63) is 228 Å². The lowest BCUT2D eigenvalue weighted by atomic mass is 9.74. The Bertz CT molecular complexity index is 3400. The number of benzene rings is 9. The minimum atomic E-state index is -0.309. The fraction of sp³-hybridized carbons (Fsp3) is 0.0847. The molecule has 0 fully saturated rings. The van der Waals surface area contributed by atoms with Gasteiger partial charge in [-0.05, 0) is 108 Å². The first-order valence-corrected chi connectivity index (χ1v) is 21.3. The van der Waals surface area contributed by atoms with E-state index in [1.807, 2.05) is 6.07 Å². The monoisotopic (exact) mass is 778 g/mol. The summed E-state index contributed by atoms with van der Waals surface area (Å²) in [7, 11) is 0. The van der Waals surface area contributed by atoms with Gasteiger partial charge in [-0.25, -0.2) is 9.97 Å². The van der Waals surface area contributed by atoms with Crippen LogP contribution >= 0.6 is 0 Å². The van der Waals surface area contributed by atoms with Gasteiger partial charge in [-0.15, -0.1) is 0 Å². The van der Waals surface area contributed by atoms with Crippen molar-refractivity contribution in [2.45, 2.75) is 31.6 Å². The molecule has 1 aromatic heterocycles. The molecule has 2 aliphatic rings. The van der Waals surface area contributed by atoms with Crippen molar-refractivity contribution in [3.63, 3.8) is 0 Å². The van der Waals surface area contributed by atoms with E-state index in [9.17, 15) is 0 Å². The van der Waals surface area contributed by atoms with Gasteiger partial charge in [-0.3, -0.25) is 0 Å². The Morgan fingerprint density at radius 3 is 1.70 bits per heavy atom. The van der Waals surface area contributed by atoms with E-state index >= 15 is 0 Å². The molecule has 288 valence electrons. The summed E-state index contributed by atoms with van der Waals surface area (Å²) in [5.41, 5.74) is 18.9. The molecule has 0 bridgehead atoms. The van der Waals surface area contributed by atoms with Gasteiger partial charge in [0.2, 0.25) is 0 Å². The molecule has 0 saturated heterocycles. The maximum absolute atomic E-state index is 5.34. The molecule has 2 aliphatic carbocycles. The lowest BCUT2D eigenvalue weighted by molar-refractivity contribution is 0.666. The highest BCUT2D eigenvalue weighted by Crippen LogP contribution is 2.54. The van der Waals surface area contributed by atoms with Crippen LogP contribution in [-0.4, -0.2) is 9.97 Å². The zero-order chi connectivity index (χ0) is 40.9. The molecule has 2 heteroatoms. The fourth-order valence-electron chi connectivity index (χ4n) is 10.7. The molecule has 0 spiro atoms. The van der Waals surface area contributed by atoms with E-state index in [0.717, 1.165) is 28.1 Å². The van der Waals surface area contributed by atoms with Crippen LogP contribution in [0.5, 0.6) is 0 Å². The van der Waals surface area contributed by atoms with Gasteiger partial charge in [-0.1, -0.05) is 196 Å². The van der Waals surface area contributed by atoms with Gasteiger partial charge in [0, 0.05) is 27.5 Å². The number of rotatable bonds is 5. The highest BCUT2D eigenvalue weighted by atomic mass is 14.9. The molecule has 1 heterocycles. The fourth-order valence-corrected chi connectivity index (χ4v) is 10.7. The predicted octanol–water partition coefficient (Wildman–Crippen LogP) is 15.1. The quantitative estimate of drug-likeness (QED) is 0.174. The summed E-state index contributed by atoms with van der Waals surface area (Å²) in [6.45, 7) is 7.14. The van der Waals surface area contributed by atoms with Crippen molar-refractivity contribution in [1.82, 2.24) is 9.97 Å². The first-order chi connectivity index (χ1) is 29.9. The van der Waals surface area contributed by atoms with Gasteiger partial charge < -0.3 is 0 Å². The minimum absolute atomic E-state index is 0.138. The van der Waals surface area contributed by atoms with E-state index in [0.29, 0.717) is 5.82 Å². The lowest BCUT2D eigenvalue weighted by Gasteiger charge is -2.28. The second-order valence-electron chi connectivity index (χ2n) is 17.4. The van der Waals surface area contributed by atoms with Crippen molar-refractivity contribution in [3.8, 4) is 67.3 Å². The third-order valence-electron chi connectivity index (χ3n) is 13.8. The Kier molecular flexibility index (Phi) is 7.74. The Balaban J connectivity index is 1.01. The van der Waals surface area contributed by atoms with Gasteiger partial charge in [0.15, 0.2) is 5.82 Å². The molecule has 9 aromatic carbocycles. The largest absolute Gasteiger partial charge is 0.228 e. The first-order valence-electron chi connectivity index (χ1n) is 21.3. The van der Waals surface area contributed by atoms with Crippen LogP contribution < -0.4 is 0 Å². The molecule has 1 unspecified atom stereocenters. The molecule has 10 aromatic rings. The third-order valence-corrected chi connectivity index (χ3v) is 13.8. The summed E-state index contributed by atoms with van der Waals surface area (Å²) in [5, 5.41) is 5.00. The van der Waals surface area contributed by atoms with Crippen molar-refractivity contribution < 1.29 is 0 Å². The summed E-state index contributed by atoms with van der Waals surface area (Å²) in [5.74, 6) is 0.712. The maximum atomic E-state index is 5.34. The average molecular weight is 779 g/mol. The number of aromatic nitrogens is 2. The minimum Gasteiger partial charge on any atom is -0.228 e. The number of fused-ring (bicyclic) bond motifs is 9. The summed E-state index contributed by atoms with van der Waals surface area (Å²) in [6, 6.07) is 73.1. The zero-order valence-corrected chi connectivity index (χ0v) is 34.4.